The minimum atomic E-state index is -1.00. The summed E-state index contributed by atoms with van der Waals surface area (Å²) in [5.74, 6) is 1.95. The van der Waals surface area contributed by atoms with Crippen LogP contribution in [0.5, 0.6) is 23.0 Å². The smallest absolute Gasteiger partial charge is 0.174 e. The molecular formula is C40H50Cl2N2O8. The maximum absolute atomic E-state index is 12.6. The first-order valence-corrected chi connectivity index (χ1v) is 18.9. The fourth-order valence-electron chi connectivity index (χ4n) is 12.6. The molecule has 5 N–H and O–H groups in total. The molecule has 3 saturated carbocycles. The van der Waals surface area contributed by atoms with E-state index in [4.69, 9.17) is 9.47 Å². The van der Waals surface area contributed by atoms with E-state index in [1.54, 1.807) is 12.1 Å². The lowest BCUT2D eigenvalue weighted by Crippen LogP contribution is -2.77. The van der Waals surface area contributed by atoms with E-state index in [-0.39, 0.29) is 54.2 Å². The SMILES string of the molecule is C=CCN1CC[C@]23c4c5ccc(O)c4O[C@H]2C(=O)CC[C@@]3(O)[C@H]1C5.Cl.Cl.Oc1ccc2c3c1O[C@H]1[C@@H](O)CC[C@@]4(O)[C@@H](C2)N(CC2CCC2)CC[C@]314. The number of ether oxygens (including phenoxy) is 2. The van der Waals surface area contributed by atoms with E-state index in [1.165, 1.54) is 24.8 Å². The molecule has 9 aliphatic rings. The summed E-state index contributed by atoms with van der Waals surface area (Å²) in [7, 11) is 0. The number of hydrogen-bond acceptors (Lipinski definition) is 10. The molecule has 2 aromatic rings. The first kappa shape index (κ1) is 36.4. The van der Waals surface area contributed by atoms with Gasteiger partial charge in [0, 0.05) is 49.3 Å². The number of rotatable bonds is 4. The van der Waals surface area contributed by atoms with Crippen molar-refractivity contribution in [2.24, 2.45) is 5.92 Å². The first-order chi connectivity index (χ1) is 24.1. The van der Waals surface area contributed by atoms with Crippen LogP contribution in [0.15, 0.2) is 36.9 Å². The van der Waals surface area contributed by atoms with Crippen LogP contribution in [0.3, 0.4) is 0 Å². The second-order valence-corrected chi connectivity index (χ2v) is 16.8. The highest BCUT2D eigenvalue weighted by atomic mass is 35.5. The molecule has 282 valence electrons. The number of benzene rings is 2. The number of aliphatic hydroxyl groups is 3. The lowest BCUT2D eigenvalue weighted by Gasteiger charge is -2.64. The van der Waals surface area contributed by atoms with E-state index in [9.17, 15) is 30.3 Å². The number of piperidine rings is 2. The van der Waals surface area contributed by atoms with E-state index in [2.05, 4.69) is 16.4 Å². The fraction of sp³-hybridized carbons (Fsp3) is 0.625. The Hall–Kier alpha value is -2.57. The Labute approximate surface area is 316 Å². The molecule has 4 aliphatic heterocycles. The van der Waals surface area contributed by atoms with Gasteiger partial charge in [0.05, 0.1) is 28.1 Å². The number of carbonyl (C=O) groups is 1. The van der Waals surface area contributed by atoms with Crippen molar-refractivity contribution in [3.05, 3.63) is 59.2 Å². The van der Waals surface area contributed by atoms with Gasteiger partial charge in [-0.15, -0.1) is 31.4 Å². The number of phenols is 2. The molecule has 5 fully saturated rings. The number of halogens is 2. The first-order valence-electron chi connectivity index (χ1n) is 18.9. The largest absolute Gasteiger partial charge is 0.504 e. The maximum atomic E-state index is 12.6. The van der Waals surface area contributed by atoms with Crippen molar-refractivity contribution >= 4 is 30.6 Å². The van der Waals surface area contributed by atoms with Crippen LogP contribution in [-0.4, -0.2) is 109 Å². The molecule has 9 atom stereocenters. The highest BCUT2D eigenvalue weighted by molar-refractivity contribution is 5.90. The predicted octanol–water partition coefficient (Wildman–Crippen LogP) is 3.85. The van der Waals surface area contributed by atoms with E-state index >= 15 is 0 Å². The molecule has 2 aromatic carbocycles. The van der Waals surface area contributed by atoms with Crippen LogP contribution in [0.4, 0.5) is 0 Å². The summed E-state index contributed by atoms with van der Waals surface area (Å²) < 4.78 is 12.1. The molecule has 0 aromatic heterocycles. The van der Waals surface area contributed by atoms with Crippen LogP contribution in [0.25, 0.3) is 0 Å². The monoisotopic (exact) mass is 756 g/mol. The van der Waals surface area contributed by atoms with Gasteiger partial charge in [0.1, 0.15) is 6.10 Å². The van der Waals surface area contributed by atoms with Crippen molar-refractivity contribution in [2.45, 2.75) is 123 Å². The molecule has 0 unspecified atom stereocenters. The maximum Gasteiger partial charge on any atom is 0.174 e. The summed E-state index contributed by atoms with van der Waals surface area (Å²) in [6.07, 6.45) is 9.03. The Morgan fingerprint density at radius 3 is 2.06 bits per heavy atom. The lowest BCUT2D eigenvalue weighted by molar-refractivity contribution is -0.209. The van der Waals surface area contributed by atoms with Crippen molar-refractivity contribution in [3.8, 4) is 23.0 Å². The van der Waals surface area contributed by atoms with E-state index < -0.39 is 40.3 Å². The minimum absolute atomic E-state index is 0. The highest BCUT2D eigenvalue weighted by Gasteiger charge is 2.74. The third-order valence-corrected chi connectivity index (χ3v) is 15.0. The second-order valence-electron chi connectivity index (χ2n) is 16.8. The minimum Gasteiger partial charge on any atom is -0.504 e. The van der Waals surface area contributed by atoms with Gasteiger partial charge in [-0.1, -0.05) is 24.6 Å². The van der Waals surface area contributed by atoms with Crippen molar-refractivity contribution in [3.63, 3.8) is 0 Å². The molecular weight excluding hydrogens is 707 g/mol. The van der Waals surface area contributed by atoms with E-state index in [0.29, 0.717) is 50.0 Å². The van der Waals surface area contributed by atoms with E-state index in [0.717, 1.165) is 61.6 Å². The average molecular weight is 758 g/mol. The van der Waals surface area contributed by atoms with Gasteiger partial charge < -0.3 is 35.0 Å². The zero-order chi connectivity index (χ0) is 34.4. The van der Waals surface area contributed by atoms with Crippen LogP contribution in [-0.2, 0) is 28.5 Å². The Bertz CT molecular complexity index is 1820. The summed E-state index contributed by atoms with van der Waals surface area (Å²) in [5, 5.41) is 55.3. The Morgan fingerprint density at radius 1 is 0.808 bits per heavy atom. The fourth-order valence-corrected chi connectivity index (χ4v) is 12.6. The highest BCUT2D eigenvalue weighted by Crippen LogP contribution is 2.66. The number of nitrogens with zero attached hydrogens (tertiary/aromatic N) is 2. The number of hydrogen-bond donors (Lipinski definition) is 5. The summed E-state index contributed by atoms with van der Waals surface area (Å²) in [4.78, 5) is 17.4. The molecule has 12 heteroatoms. The molecule has 2 saturated heterocycles. The van der Waals surface area contributed by atoms with Crippen molar-refractivity contribution < 1.29 is 39.8 Å². The molecule has 11 rings (SSSR count). The zero-order valence-electron chi connectivity index (χ0n) is 29.3. The van der Waals surface area contributed by atoms with Crippen LogP contribution in [0.2, 0.25) is 0 Å². The Balaban J connectivity index is 0.000000144. The van der Waals surface area contributed by atoms with Crippen LogP contribution in [0.1, 0.15) is 80.0 Å². The third-order valence-electron chi connectivity index (χ3n) is 15.0. The van der Waals surface area contributed by atoms with Crippen molar-refractivity contribution in [2.75, 3.05) is 26.2 Å². The predicted molar refractivity (Wildman–Crippen MR) is 197 cm³/mol. The third kappa shape index (κ3) is 4.29. The number of Topliss-reactive ketones (excluding diaryl/α,β-unsaturated/α-hetero) is 1. The molecule has 5 aliphatic carbocycles. The van der Waals surface area contributed by atoms with Gasteiger partial charge in [0.15, 0.2) is 34.9 Å². The van der Waals surface area contributed by atoms with Gasteiger partial charge in [-0.25, -0.2) is 0 Å². The Morgan fingerprint density at radius 2 is 1.40 bits per heavy atom. The second kappa shape index (κ2) is 12.2. The van der Waals surface area contributed by atoms with Crippen molar-refractivity contribution in [1.29, 1.82) is 0 Å². The van der Waals surface area contributed by atoms with Gasteiger partial charge in [-0.3, -0.25) is 14.6 Å². The van der Waals surface area contributed by atoms with Crippen LogP contribution in [0, 0.1) is 5.92 Å². The van der Waals surface area contributed by atoms with Gasteiger partial charge in [0.2, 0.25) is 0 Å². The lowest BCUT2D eigenvalue weighted by atomic mass is 9.48. The summed E-state index contributed by atoms with van der Waals surface area (Å²) in [5.41, 5.74) is 0.968. The number of ketones is 1. The summed E-state index contributed by atoms with van der Waals surface area (Å²) in [6, 6.07) is 7.31. The standard InChI is InChI=1S/C21H27NO4.C19H21NO4.2ClH/c23-14-5-4-13-10-16-21(25)7-6-15(24)19-20(21,17(13)18(14)26-19)8-9-22(16)11-12-2-1-3-12;1-2-8-20-9-7-18-15-11-3-4-12(21)16(15)24-17(18)13(22)5-6-19(18,23)14(20)10-11;;/h4-5,12,15-16,19,23-25H,1-3,6-11H2;2-4,14,17,21,23H,1,5-10H2;2*1H/t15-,16+,19-,20-,21+;14-,17+,18+,19-;;/m01../s1. The van der Waals surface area contributed by atoms with Gasteiger partial charge in [0.25, 0.3) is 0 Å². The Kier molecular flexibility index (Phi) is 8.55. The quantitative estimate of drug-likeness (QED) is 0.292. The molecule has 0 radical (unpaired) electrons. The molecule has 52 heavy (non-hydrogen) atoms. The van der Waals surface area contributed by atoms with Crippen molar-refractivity contribution in [1.82, 2.24) is 9.80 Å². The van der Waals surface area contributed by atoms with Crippen LogP contribution >= 0.6 is 24.8 Å². The number of likely N-dealkylation sites (tertiary alicyclic amines) is 2. The topological polar surface area (TPSA) is 143 Å². The number of aliphatic hydroxyl groups excluding tert-OH is 1. The number of aromatic hydroxyl groups is 2. The zero-order valence-corrected chi connectivity index (χ0v) is 31.0. The van der Waals surface area contributed by atoms with E-state index in [1.807, 2.05) is 18.2 Å². The van der Waals surface area contributed by atoms with Gasteiger partial charge in [-0.2, -0.15) is 0 Å². The number of phenolic OH excluding ortho intramolecular Hbond substituents is 2. The molecule has 0 amide bonds. The molecule has 4 bridgehead atoms. The molecule has 10 nitrogen and oxygen atoms in total. The summed E-state index contributed by atoms with van der Waals surface area (Å²) in [6.45, 7) is 7.38. The van der Waals surface area contributed by atoms with Gasteiger partial charge >= 0.3 is 0 Å². The number of carbonyl (C=O) groups excluding carboxylic acids is 1. The van der Waals surface area contributed by atoms with Gasteiger partial charge in [-0.05, 0) is 93.5 Å². The normalized spacial score (nSPS) is 39.9. The summed E-state index contributed by atoms with van der Waals surface area (Å²) >= 11 is 0. The average Bonchev–Trinajstić information content (AvgIpc) is 3.62. The molecule has 4 heterocycles. The van der Waals surface area contributed by atoms with Crippen LogP contribution < -0.4 is 9.47 Å². The molecule has 2 spiro atoms.